The van der Waals surface area contributed by atoms with Crippen LogP contribution in [0.5, 0.6) is 40.2 Å². The van der Waals surface area contributed by atoms with Crippen LogP contribution in [0.3, 0.4) is 0 Å². The van der Waals surface area contributed by atoms with E-state index in [0.29, 0.717) is 40.2 Å². The zero-order valence-electron chi connectivity index (χ0n) is 38.6. The lowest BCUT2D eigenvalue weighted by Crippen LogP contribution is -2.19. The van der Waals surface area contributed by atoms with Crippen LogP contribution in [-0.2, 0) is 36.4 Å². The normalized spacial score (nSPS) is 12.0. The topological polar surface area (TPSA) is 105 Å². The molecule has 11 heteroatoms. The van der Waals surface area contributed by atoms with E-state index in [-0.39, 0.29) is 30.9 Å². The Kier molecular flexibility index (Phi) is 13.6. The van der Waals surface area contributed by atoms with Crippen LogP contribution in [0.2, 0.25) is 0 Å². The van der Waals surface area contributed by atoms with Crippen molar-refractivity contribution in [3.05, 3.63) is 221 Å². The highest BCUT2D eigenvalue weighted by molar-refractivity contribution is 7.91. The van der Waals surface area contributed by atoms with Crippen LogP contribution in [0, 0.1) is 6.92 Å². The first-order valence-electron chi connectivity index (χ1n) is 21.9. The van der Waals surface area contributed by atoms with Crippen molar-refractivity contribution in [3.8, 4) is 40.2 Å². The molecular formula is C57H51ClO8S2. The fourth-order valence-corrected chi connectivity index (χ4v) is 10.6. The molecule has 8 rings (SSSR count). The molecule has 0 bridgehead atoms. The first kappa shape index (κ1) is 47.6. The van der Waals surface area contributed by atoms with Crippen molar-refractivity contribution in [2.75, 3.05) is 7.11 Å². The van der Waals surface area contributed by atoms with Gasteiger partial charge in [0, 0.05) is 16.4 Å². The Morgan fingerprint density at radius 2 is 0.691 bits per heavy atom. The Balaban J connectivity index is 0.874. The average molecular weight is 964 g/mol. The van der Waals surface area contributed by atoms with Gasteiger partial charge < -0.3 is 18.9 Å². The fraction of sp³-hybridized carbons (Fsp3) is 0.158. The third-order valence-corrected chi connectivity index (χ3v) is 16.2. The van der Waals surface area contributed by atoms with Gasteiger partial charge in [-0.1, -0.05) is 87.9 Å². The number of alkyl halides is 1. The van der Waals surface area contributed by atoms with Gasteiger partial charge in [-0.05, 0) is 163 Å². The van der Waals surface area contributed by atoms with E-state index in [2.05, 4.69) is 71.0 Å². The quantitative estimate of drug-likeness (QED) is 0.0882. The van der Waals surface area contributed by atoms with Crippen LogP contribution >= 0.6 is 11.6 Å². The van der Waals surface area contributed by atoms with Crippen LogP contribution in [0.4, 0.5) is 0 Å². The largest absolute Gasteiger partial charge is 0.497 e. The highest BCUT2D eigenvalue weighted by Gasteiger charge is 2.26. The second kappa shape index (κ2) is 19.4. The second-order valence-electron chi connectivity index (χ2n) is 17.5. The fourth-order valence-electron chi connectivity index (χ4n) is 7.84. The highest BCUT2D eigenvalue weighted by Crippen LogP contribution is 2.38. The zero-order chi connectivity index (χ0) is 48.3. The molecule has 8 aromatic rings. The monoisotopic (exact) mass is 962 g/mol. The van der Waals surface area contributed by atoms with Gasteiger partial charge in [0.1, 0.15) is 40.2 Å². The zero-order valence-corrected chi connectivity index (χ0v) is 41.0. The molecule has 0 saturated heterocycles. The molecule has 8 nitrogen and oxygen atoms in total. The van der Waals surface area contributed by atoms with Gasteiger partial charge in [0.15, 0.2) is 0 Å². The van der Waals surface area contributed by atoms with Crippen molar-refractivity contribution in [3.63, 3.8) is 0 Å². The third kappa shape index (κ3) is 10.2. The smallest absolute Gasteiger partial charge is 0.206 e. The molecule has 0 aromatic heterocycles. The minimum Gasteiger partial charge on any atom is -0.497 e. The number of rotatable bonds is 16. The summed E-state index contributed by atoms with van der Waals surface area (Å²) in [5.74, 6) is 4.06. The van der Waals surface area contributed by atoms with Gasteiger partial charge in [-0.2, -0.15) is 0 Å². The standard InChI is InChI=1S/C57H51ClO8S2/c1-39-7-9-41(10-8-39)56(2,3)42-11-16-46(17-12-42)64-48-22-30-52(31-23-48)68(61,62)53-32-24-49(25-33-53)65-47-18-13-43(14-19-47)57(4,5)44-15-36-55(40(37-44)38-58)66-50-26-34-54(35-27-50)67(59,60)51-28-20-45(63-6)21-29-51/h7-37H,38H2,1-6H3. The van der Waals surface area contributed by atoms with E-state index in [4.69, 9.17) is 30.5 Å². The molecular weight excluding hydrogens is 912 g/mol. The molecule has 0 heterocycles. The van der Waals surface area contributed by atoms with Gasteiger partial charge in [0.2, 0.25) is 19.7 Å². The van der Waals surface area contributed by atoms with Crippen LogP contribution in [0.15, 0.2) is 208 Å². The van der Waals surface area contributed by atoms with Gasteiger partial charge in [-0.25, -0.2) is 16.8 Å². The number of methoxy groups -OCH3 is 1. The van der Waals surface area contributed by atoms with E-state index in [1.165, 1.54) is 54.6 Å². The van der Waals surface area contributed by atoms with Crippen LogP contribution < -0.4 is 18.9 Å². The van der Waals surface area contributed by atoms with Crippen molar-refractivity contribution < 1.29 is 35.8 Å². The molecule has 0 atom stereocenters. The third-order valence-electron chi connectivity index (χ3n) is 12.3. The molecule has 0 aliphatic heterocycles. The summed E-state index contributed by atoms with van der Waals surface area (Å²) in [6.45, 7) is 10.7. The van der Waals surface area contributed by atoms with E-state index in [1.54, 1.807) is 60.7 Å². The Hall–Kier alpha value is -6.85. The molecule has 0 aliphatic rings. The molecule has 68 heavy (non-hydrogen) atoms. The lowest BCUT2D eigenvalue weighted by molar-refractivity contribution is 0.414. The summed E-state index contributed by atoms with van der Waals surface area (Å²) in [5, 5.41) is 0. The van der Waals surface area contributed by atoms with E-state index < -0.39 is 25.1 Å². The van der Waals surface area contributed by atoms with Crippen molar-refractivity contribution in [1.82, 2.24) is 0 Å². The Labute approximate surface area is 404 Å². The summed E-state index contributed by atoms with van der Waals surface area (Å²) in [4.78, 5) is 0.606. The molecule has 346 valence electrons. The van der Waals surface area contributed by atoms with Crippen molar-refractivity contribution in [1.29, 1.82) is 0 Å². The molecule has 0 N–H and O–H groups in total. The molecule has 0 radical (unpaired) electrons. The molecule has 0 spiro atoms. The molecule has 0 fully saturated rings. The predicted molar refractivity (Wildman–Crippen MR) is 268 cm³/mol. The van der Waals surface area contributed by atoms with Gasteiger partial charge >= 0.3 is 0 Å². The van der Waals surface area contributed by atoms with Crippen molar-refractivity contribution in [2.45, 2.75) is 70.9 Å². The number of aryl methyl sites for hydroxylation is 1. The summed E-state index contributed by atoms with van der Waals surface area (Å²) < 4.78 is 77.2. The van der Waals surface area contributed by atoms with Gasteiger partial charge in [-0.3, -0.25) is 0 Å². The summed E-state index contributed by atoms with van der Waals surface area (Å²) >= 11 is 6.44. The summed E-state index contributed by atoms with van der Waals surface area (Å²) in [5.41, 5.74) is 5.81. The Morgan fingerprint density at radius 1 is 0.397 bits per heavy atom. The second-order valence-corrected chi connectivity index (χ2v) is 21.7. The van der Waals surface area contributed by atoms with E-state index in [0.717, 1.165) is 22.3 Å². The maximum Gasteiger partial charge on any atom is 0.206 e. The Bertz CT molecular complexity index is 3240. The summed E-state index contributed by atoms with van der Waals surface area (Å²) in [6.07, 6.45) is 0. The number of benzene rings is 8. The number of ether oxygens (including phenoxy) is 4. The SMILES string of the molecule is COc1ccc(S(=O)(=O)c2ccc(Oc3ccc(C(C)(C)c4ccc(Oc5ccc(S(=O)(=O)c6ccc(Oc7ccc(C(C)(C)c8ccc(C)cc8)cc7)cc6)cc5)cc4)cc3CCl)cc2)cc1. The predicted octanol–water partition coefficient (Wildman–Crippen LogP) is 14.4. The maximum atomic E-state index is 13.6. The number of sulfone groups is 2. The lowest BCUT2D eigenvalue weighted by Gasteiger charge is -2.27. The summed E-state index contributed by atoms with van der Waals surface area (Å²) in [7, 11) is -6.01. The van der Waals surface area contributed by atoms with Crippen molar-refractivity contribution in [2.24, 2.45) is 0 Å². The maximum absolute atomic E-state index is 13.6. The first-order chi connectivity index (χ1) is 32.5. The van der Waals surface area contributed by atoms with E-state index in [9.17, 15) is 16.8 Å². The summed E-state index contributed by atoms with van der Waals surface area (Å²) in [6, 6.07) is 55.5. The van der Waals surface area contributed by atoms with Crippen LogP contribution in [0.25, 0.3) is 0 Å². The first-order valence-corrected chi connectivity index (χ1v) is 25.4. The highest BCUT2D eigenvalue weighted by atomic mass is 35.5. The number of halogens is 1. The minimum absolute atomic E-state index is 0.143. The lowest BCUT2D eigenvalue weighted by atomic mass is 9.77. The molecule has 0 saturated carbocycles. The average Bonchev–Trinajstić information content (AvgIpc) is 3.35. The van der Waals surface area contributed by atoms with Crippen LogP contribution in [-0.4, -0.2) is 23.9 Å². The minimum atomic E-state index is -3.81. The Morgan fingerprint density at radius 3 is 1.04 bits per heavy atom. The van der Waals surface area contributed by atoms with E-state index >= 15 is 0 Å². The molecule has 0 aliphatic carbocycles. The number of hydrogen-bond acceptors (Lipinski definition) is 8. The molecule has 0 unspecified atom stereocenters. The van der Waals surface area contributed by atoms with Gasteiger partial charge in [0.05, 0.1) is 32.6 Å². The molecule has 0 amide bonds. The number of hydrogen-bond donors (Lipinski definition) is 0. The van der Waals surface area contributed by atoms with Gasteiger partial charge in [-0.15, -0.1) is 11.6 Å². The molecule has 8 aromatic carbocycles. The van der Waals surface area contributed by atoms with Crippen LogP contribution in [0.1, 0.15) is 61.1 Å². The van der Waals surface area contributed by atoms with Crippen molar-refractivity contribution >= 4 is 31.3 Å². The van der Waals surface area contributed by atoms with E-state index in [1.807, 2.05) is 54.6 Å². The van der Waals surface area contributed by atoms with Gasteiger partial charge in [0.25, 0.3) is 0 Å².